The zero-order valence-corrected chi connectivity index (χ0v) is 13.4. The van der Waals surface area contributed by atoms with E-state index < -0.39 is 0 Å². The molecule has 0 aliphatic rings. The fourth-order valence-electron chi connectivity index (χ4n) is 2.15. The Hall–Kier alpha value is -0.770. The largest absolute Gasteiger partial charge is 0.395 e. The van der Waals surface area contributed by atoms with Crippen molar-refractivity contribution in [1.82, 2.24) is 5.32 Å². The van der Waals surface area contributed by atoms with Gasteiger partial charge in [-0.05, 0) is 37.1 Å². The van der Waals surface area contributed by atoms with Crippen LogP contribution in [0.15, 0.2) is 18.2 Å². The monoisotopic (exact) mass is 298 g/mol. The van der Waals surface area contributed by atoms with Crippen molar-refractivity contribution in [2.75, 3.05) is 31.1 Å². The number of nitrogens with zero attached hydrogens (tertiary/aromatic N) is 1. The third kappa shape index (κ3) is 5.70. The summed E-state index contributed by atoms with van der Waals surface area (Å²) in [5.74, 6) is 0. The molecule has 0 radical (unpaired) electrons. The minimum Gasteiger partial charge on any atom is -0.395 e. The maximum Gasteiger partial charge on any atom is 0.0642 e. The molecule has 0 heterocycles. The third-order valence-corrected chi connectivity index (χ3v) is 3.56. The van der Waals surface area contributed by atoms with Crippen LogP contribution in [0.1, 0.15) is 38.7 Å². The maximum atomic E-state index is 9.19. The molecule has 0 aliphatic carbocycles. The number of benzene rings is 1. The van der Waals surface area contributed by atoms with Crippen LogP contribution < -0.4 is 10.2 Å². The van der Waals surface area contributed by atoms with Gasteiger partial charge in [0.2, 0.25) is 0 Å². The van der Waals surface area contributed by atoms with Gasteiger partial charge < -0.3 is 15.3 Å². The number of hydrogen-bond donors (Lipinski definition) is 2. The topological polar surface area (TPSA) is 35.5 Å². The van der Waals surface area contributed by atoms with Crippen molar-refractivity contribution in [3.63, 3.8) is 0 Å². The number of halogens is 1. The van der Waals surface area contributed by atoms with Crippen molar-refractivity contribution in [3.05, 3.63) is 28.8 Å². The second-order valence-corrected chi connectivity index (χ2v) is 5.43. The molecular weight excluding hydrogens is 272 g/mol. The zero-order chi connectivity index (χ0) is 14.8. The van der Waals surface area contributed by atoms with E-state index in [1.165, 1.54) is 5.56 Å². The van der Waals surface area contributed by atoms with Crippen LogP contribution in [0.25, 0.3) is 0 Å². The van der Waals surface area contributed by atoms with Crippen LogP contribution in [0.3, 0.4) is 0 Å². The van der Waals surface area contributed by atoms with E-state index in [1.807, 2.05) is 6.07 Å². The summed E-state index contributed by atoms with van der Waals surface area (Å²) in [7, 11) is 0. The molecule has 0 amide bonds. The Bertz CT molecular complexity index is 385. The number of aliphatic hydroxyl groups excluding tert-OH is 1. The quantitative estimate of drug-likeness (QED) is 0.650. The summed E-state index contributed by atoms with van der Waals surface area (Å²) in [5.41, 5.74) is 2.22. The number of hydrogen-bond acceptors (Lipinski definition) is 3. The standard InChI is InChI=1S/C16H27ClN2O/c1-3-5-9-19(10-11-20)16-7-6-14(12-15(16)17)13-18-8-4-2/h6-7,12,18,20H,3-5,8-11,13H2,1-2H3. The van der Waals surface area contributed by atoms with E-state index in [9.17, 15) is 5.11 Å². The minimum atomic E-state index is 0.153. The van der Waals surface area contributed by atoms with Crippen molar-refractivity contribution in [1.29, 1.82) is 0 Å². The summed E-state index contributed by atoms with van der Waals surface area (Å²) in [6.07, 6.45) is 3.38. The minimum absolute atomic E-state index is 0.153. The highest BCUT2D eigenvalue weighted by molar-refractivity contribution is 6.33. The lowest BCUT2D eigenvalue weighted by Crippen LogP contribution is -2.28. The van der Waals surface area contributed by atoms with Gasteiger partial charge in [-0.3, -0.25) is 0 Å². The van der Waals surface area contributed by atoms with Crippen LogP contribution in [0.2, 0.25) is 5.02 Å². The average molecular weight is 299 g/mol. The first-order valence-electron chi connectivity index (χ1n) is 7.57. The molecule has 1 aromatic rings. The lowest BCUT2D eigenvalue weighted by molar-refractivity contribution is 0.301. The van der Waals surface area contributed by atoms with E-state index in [2.05, 4.69) is 36.2 Å². The summed E-state index contributed by atoms with van der Waals surface area (Å²) in [5, 5.41) is 13.3. The van der Waals surface area contributed by atoms with Crippen LogP contribution in [0.4, 0.5) is 5.69 Å². The molecular formula is C16H27ClN2O. The Morgan fingerprint density at radius 2 is 2.00 bits per heavy atom. The van der Waals surface area contributed by atoms with Gasteiger partial charge in [0.05, 0.1) is 17.3 Å². The lowest BCUT2D eigenvalue weighted by Gasteiger charge is -2.25. The highest BCUT2D eigenvalue weighted by Gasteiger charge is 2.10. The molecule has 0 atom stereocenters. The van der Waals surface area contributed by atoms with Crippen LogP contribution >= 0.6 is 11.6 Å². The normalized spacial score (nSPS) is 10.8. The van der Waals surface area contributed by atoms with E-state index in [4.69, 9.17) is 11.6 Å². The molecule has 0 spiro atoms. The molecule has 0 saturated heterocycles. The van der Waals surface area contributed by atoms with Crippen molar-refractivity contribution < 1.29 is 5.11 Å². The molecule has 20 heavy (non-hydrogen) atoms. The lowest BCUT2D eigenvalue weighted by atomic mass is 10.1. The molecule has 3 nitrogen and oxygen atoms in total. The van der Waals surface area contributed by atoms with Gasteiger partial charge in [0.15, 0.2) is 0 Å². The fourth-order valence-corrected chi connectivity index (χ4v) is 2.47. The van der Waals surface area contributed by atoms with Gasteiger partial charge in [0.25, 0.3) is 0 Å². The second-order valence-electron chi connectivity index (χ2n) is 5.03. The smallest absolute Gasteiger partial charge is 0.0642 e. The Labute approximate surface area is 127 Å². The molecule has 0 saturated carbocycles. The van der Waals surface area contributed by atoms with E-state index in [-0.39, 0.29) is 6.61 Å². The predicted molar refractivity (Wildman–Crippen MR) is 87.7 cm³/mol. The van der Waals surface area contributed by atoms with Gasteiger partial charge in [0, 0.05) is 19.6 Å². The van der Waals surface area contributed by atoms with Crippen LogP contribution in [0, 0.1) is 0 Å². The van der Waals surface area contributed by atoms with Crippen molar-refractivity contribution in [3.8, 4) is 0 Å². The first-order chi connectivity index (χ1) is 9.72. The van der Waals surface area contributed by atoms with E-state index >= 15 is 0 Å². The van der Waals surface area contributed by atoms with Crippen molar-refractivity contribution in [2.24, 2.45) is 0 Å². The van der Waals surface area contributed by atoms with Crippen LogP contribution in [-0.2, 0) is 6.54 Å². The summed E-state index contributed by atoms with van der Waals surface area (Å²) in [4.78, 5) is 2.16. The van der Waals surface area contributed by atoms with Gasteiger partial charge in [-0.25, -0.2) is 0 Å². The Balaban J connectivity index is 2.72. The molecule has 2 N–H and O–H groups in total. The SMILES string of the molecule is CCCCN(CCO)c1ccc(CNCCC)cc1Cl. The van der Waals surface area contributed by atoms with Crippen molar-refractivity contribution >= 4 is 17.3 Å². The molecule has 0 unspecified atom stereocenters. The van der Waals surface area contributed by atoms with Gasteiger partial charge in [-0.1, -0.05) is 37.9 Å². The first kappa shape index (κ1) is 17.3. The van der Waals surface area contributed by atoms with Crippen LogP contribution in [-0.4, -0.2) is 31.3 Å². The van der Waals surface area contributed by atoms with Crippen LogP contribution in [0.5, 0.6) is 0 Å². The van der Waals surface area contributed by atoms with Gasteiger partial charge >= 0.3 is 0 Å². The van der Waals surface area contributed by atoms with E-state index in [0.717, 1.165) is 49.6 Å². The summed E-state index contributed by atoms with van der Waals surface area (Å²) >= 11 is 6.40. The summed E-state index contributed by atoms with van der Waals surface area (Å²) in [6.45, 7) is 7.91. The average Bonchev–Trinajstić information content (AvgIpc) is 2.44. The first-order valence-corrected chi connectivity index (χ1v) is 7.95. The molecule has 0 fully saturated rings. The Morgan fingerprint density at radius 3 is 2.60 bits per heavy atom. The maximum absolute atomic E-state index is 9.19. The number of aliphatic hydroxyl groups is 1. The number of anilines is 1. The Kier molecular flexibility index (Phi) is 8.67. The molecule has 0 aliphatic heterocycles. The highest BCUT2D eigenvalue weighted by atomic mass is 35.5. The molecule has 4 heteroatoms. The Morgan fingerprint density at radius 1 is 1.20 bits per heavy atom. The zero-order valence-electron chi connectivity index (χ0n) is 12.7. The molecule has 1 rings (SSSR count). The van der Waals surface area contributed by atoms with Gasteiger partial charge in [-0.15, -0.1) is 0 Å². The predicted octanol–water partition coefficient (Wildman–Crippen LogP) is 3.44. The molecule has 114 valence electrons. The van der Waals surface area contributed by atoms with Gasteiger partial charge in [0.1, 0.15) is 0 Å². The molecule has 0 aromatic heterocycles. The number of unbranched alkanes of at least 4 members (excludes halogenated alkanes) is 1. The summed E-state index contributed by atoms with van der Waals surface area (Å²) < 4.78 is 0. The van der Waals surface area contributed by atoms with E-state index in [1.54, 1.807) is 0 Å². The third-order valence-electron chi connectivity index (χ3n) is 3.26. The number of nitrogens with one attached hydrogen (secondary N) is 1. The highest BCUT2D eigenvalue weighted by Crippen LogP contribution is 2.27. The molecule has 0 bridgehead atoms. The second kappa shape index (κ2) is 10.0. The van der Waals surface area contributed by atoms with E-state index in [0.29, 0.717) is 6.54 Å². The number of rotatable bonds is 10. The molecule has 1 aromatic carbocycles. The van der Waals surface area contributed by atoms with Gasteiger partial charge in [-0.2, -0.15) is 0 Å². The van der Waals surface area contributed by atoms with Crippen molar-refractivity contribution in [2.45, 2.75) is 39.7 Å². The fraction of sp³-hybridized carbons (Fsp3) is 0.625. The summed E-state index contributed by atoms with van der Waals surface area (Å²) in [6, 6.07) is 6.20.